The van der Waals surface area contributed by atoms with Crippen LogP contribution in [0.5, 0.6) is 0 Å². The Morgan fingerprint density at radius 1 is 0.862 bits per heavy atom. The summed E-state index contributed by atoms with van der Waals surface area (Å²) in [5.74, 6) is -0.398. The van der Waals surface area contributed by atoms with Crippen molar-refractivity contribution in [2.75, 3.05) is 105 Å². The molecule has 0 aromatic rings. The molecular formula is C19H41N3O6S. The summed E-state index contributed by atoms with van der Waals surface area (Å²) < 4.78 is 24.1. The minimum atomic E-state index is -0.496. The predicted octanol–water partition coefficient (Wildman–Crippen LogP) is 0.0831. The van der Waals surface area contributed by atoms with Gasteiger partial charge in [0, 0.05) is 39.3 Å². The fourth-order valence-electron chi connectivity index (χ4n) is 2.41. The maximum Gasteiger partial charge on any atom is 0.245 e. The van der Waals surface area contributed by atoms with Gasteiger partial charge in [0.25, 0.3) is 0 Å². The first-order valence-electron chi connectivity index (χ1n) is 10.5. The number of hydrogen-bond acceptors (Lipinski definition) is 9. The molecule has 0 unspecified atom stereocenters. The van der Waals surface area contributed by atoms with Crippen molar-refractivity contribution < 1.29 is 28.8 Å². The summed E-state index contributed by atoms with van der Waals surface area (Å²) in [6.45, 7) is 13.7. The van der Waals surface area contributed by atoms with Crippen molar-refractivity contribution in [2.24, 2.45) is 0 Å². The molecule has 174 valence electrons. The van der Waals surface area contributed by atoms with E-state index >= 15 is 0 Å². The second kappa shape index (κ2) is 22.2. The highest BCUT2D eigenvalue weighted by Crippen LogP contribution is 2.09. The first-order valence-corrected chi connectivity index (χ1v) is 11.6. The molecule has 1 aliphatic rings. The van der Waals surface area contributed by atoms with E-state index in [0.29, 0.717) is 52.8 Å². The lowest BCUT2D eigenvalue weighted by Crippen LogP contribution is -2.44. The van der Waals surface area contributed by atoms with Crippen LogP contribution in [0.25, 0.3) is 0 Å². The van der Waals surface area contributed by atoms with Gasteiger partial charge in [-0.05, 0) is 6.26 Å². The Labute approximate surface area is 180 Å². The molecule has 9 nitrogen and oxygen atoms in total. The molecule has 1 aliphatic heterocycles. The van der Waals surface area contributed by atoms with E-state index < -0.39 is 12.5 Å². The Bertz CT molecular complexity index is 361. The number of hydrogen-bond donors (Lipinski definition) is 2. The maximum atomic E-state index is 10.8. The van der Waals surface area contributed by atoms with E-state index in [1.54, 1.807) is 0 Å². The Hall–Kier alpha value is -0.460. The van der Waals surface area contributed by atoms with Gasteiger partial charge in [-0.1, -0.05) is 25.8 Å². The summed E-state index contributed by atoms with van der Waals surface area (Å²) in [6.07, 6.45) is 2.13. The highest BCUT2D eigenvalue weighted by molar-refractivity contribution is 7.96. The smallest absolute Gasteiger partial charge is 0.245 e. The second-order valence-corrected chi connectivity index (χ2v) is 6.79. The van der Waals surface area contributed by atoms with E-state index in [-0.39, 0.29) is 0 Å². The molecule has 29 heavy (non-hydrogen) atoms. The van der Waals surface area contributed by atoms with E-state index in [2.05, 4.69) is 20.8 Å². The molecule has 1 heterocycles. The third kappa shape index (κ3) is 18.1. The monoisotopic (exact) mass is 439 g/mol. The SMILES string of the molecule is CC.CSN1CCN(CCOCCOCCOCCOCCNC(=O)CO)CC1. The molecular weight excluding hydrogens is 398 g/mol. The van der Waals surface area contributed by atoms with Crippen molar-refractivity contribution in [3.63, 3.8) is 0 Å². The fraction of sp³-hybridized carbons (Fsp3) is 0.947. The number of aliphatic hydroxyl groups excluding tert-OH is 1. The van der Waals surface area contributed by atoms with Crippen molar-refractivity contribution in [1.29, 1.82) is 0 Å². The van der Waals surface area contributed by atoms with Gasteiger partial charge < -0.3 is 29.4 Å². The van der Waals surface area contributed by atoms with Gasteiger partial charge in [0.05, 0.1) is 52.9 Å². The van der Waals surface area contributed by atoms with E-state index in [1.807, 2.05) is 25.8 Å². The molecule has 0 spiro atoms. The number of carbonyl (C=O) groups excluding carboxylic acids is 1. The molecule has 1 fully saturated rings. The highest BCUT2D eigenvalue weighted by Gasteiger charge is 2.15. The van der Waals surface area contributed by atoms with Gasteiger partial charge >= 0.3 is 0 Å². The summed E-state index contributed by atoms with van der Waals surface area (Å²) in [4.78, 5) is 13.2. The van der Waals surface area contributed by atoms with Crippen LogP contribution < -0.4 is 5.32 Å². The summed E-state index contributed by atoms with van der Waals surface area (Å²) in [7, 11) is 0. The number of rotatable bonds is 17. The Balaban J connectivity index is 0.00000379. The van der Waals surface area contributed by atoms with Crippen LogP contribution >= 0.6 is 11.9 Å². The quantitative estimate of drug-likeness (QED) is 0.241. The van der Waals surface area contributed by atoms with Crippen molar-refractivity contribution in [1.82, 2.24) is 14.5 Å². The van der Waals surface area contributed by atoms with Crippen LogP contribution in [0.15, 0.2) is 0 Å². The lowest BCUT2D eigenvalue weighted by Gasteiger charge is -2.32. The summed E-state index contributed by atoms with van der Waals surface area (Å²) in [6, 6.07) is 0. The predicted molar refractivity (Wildman–Crippen MR) is 116 cm³/mol. The average molecular weight is 440 g/mol. The zero-order valence-electron chi connectivity index (χ0n) is 18.4. The zero-order chi connectivity index (χ0) is 21.6. The molecule has 1 amide bonds. The zero-order valence-corrected chi connectivity index (χ0v) is 19.2. The van der Waals surface area contributed by atoms with E-state index in [0.717, 1.165) is 39.3 Å². The van der Waals surface area contributed by atoms with Crippen LogP contribution in [0.4, 0.5) is 0 Å². The summed E-state index contributed by atoms with van der Waals surface area (Å²) in [5.41, 5.74) is 0. The van der Waals surface area contributed by atoms with Gasteiger partial charge in [-0.15, -0.1) is 0 Å². The molecule has 1 saturated heterocycles. The molecule has 10 heteroatoms. The van der Waals surface area contributed by atoms with Gasteiger partial charge in [0.15, 0.2) is 0 Å². The average Bonchev–Trinajstić information content (AvgIpc) is 2.78. The molecule has 0 bridgehead atoms. The number of nitrogens with zero attached hydrogens (tertiary/aromatic N) is 2. The molecule has 0 saturated carbocycles. The number of ether oxygens (including phenoxy) is 4. The van der Waals surface area contributed by atoms with Gasteiger partial charge in [-0.3, -0.25) is 9.69 Å². The normalized spacial score (nSPS) is 15.0. The molecule has 0 radical (unpaired) electrons. The Kier molecular flexibility index (Phi) is 21.9. The topological polar surface area (TPSA) is 92.7 Å². The fourth-order valence-corrected chi connectivity index (χ4v) is 2.94. The molecule has 0 aromatic heterocycles. The third-order valence-electron chi connectivity index (χ3n) is 3.97. The van der Waals surface area contributed by atoms with Crippen molar-refractivity contribution in [2.45, 2.75) is 13.8 Å². The van der Waals surface area contributed by atoms with Crippen LogP contribution in [0.1, 0.15) is 13.8 Å². The largest absolute Gasteiger partial charge is 0.387 e. The van der Waals surface area contributed by atoms with E-state index in [1.165, 1.54) is 0 Å². The number of amides is 1. The molecule has 1 rings (SSSR count). The van der Waals surface area contributed by atoms with Gasteiger partial charge in [0.1, 0.15) is 6.61 Å². The number of carbonyl (C=O) groups is 1. The van der Waals surface area contributed by atoms with Crippen LogP contribution in [0, 0.1) is 0 Å². The van der Waals surface area contributed by atoms with Crippen molar-refractivity contribution in [3.8, 4) is 0 Å². The van der Waals surface area contributed by atoms with Crippen LogP contribution in [0.3, 0.4) is 0 Å². The van der Waals surface area contributed by atoms with Crippen molar-refractivity contribution in [3.05, 3.63) is 0 Å². The Morgan fingerprint density at radius 3 is 1.83 bits per heavy atom. The van der Waals surface area contributed by atoms with Crippen LogP contribution in [-0.2, 0) is 23.7 Å². The number of aliphatic hydroxyl groups is 1. The van der Waals surface area contributed by atoms with Gasteiger partial charge in [-0.2, -0.15) is 0 Å². The number of nitrogens with one attached hydrogen (secondary N) is 1. The minimum Gasteiger partial charge on any atom is -0.387 e. The lowest BCUT2D eigenvalue weighted by molar-refractivity contribution is -0.124. The molecule has 2 N–H and O–H groups in total. The third-order valence-corrected chi connectivity index (χ3v) is 4.85. The molecule has 0 atom stereocenters. The van der Waals surface area contributed by atoms with Crippen molar-refractivity contribution >= 4 is 17.9 Å². The van der Waals surface area contributed by atoms with Crippen LogP contribution in [-0.4, -0.2) is 125 Å². The highest BCUT2D eigenvalue weighted by atomic mass is 32.2. The number of piperazine rings is 1. The Morgan fingerprint density at radius 2 is 1.34 bits per heavy atom. The van der Waals surface area contributed by atoms with Gasteiger partial charge in [0.2, 0.25) is 5.91 Å². The standard InChI is InChI=1S/C17H35N3O6S.C2H6/c1-27-20-5-3-19(4-6-20)7-9-24-11-13-26-15-14-25-12-10-23-8-2-18-17(22)16-21;1-2/h21H,2-16H2,1H3,(H,18,22);1-2H3. The van der Waals surface area contributed by atoms with Crippen LogP contribution in [0.2, 0.25) is 0 Å². The molecule has 0 aromatic carbocycles. The summed E-state index contributed by atoms with van der Waals surface area (Å²) >= 11 is 1.82. The lowest BCUT2D eigenvalue weighted by atomic mass is 10.3. The van der Waals surface area contributed by atoms with E-state index in [9.17, 15) is 4.79 Å². The van der Waals surface area contributed by atoms with Gasteiger partial charge in [-0.25, -0.2) is 4.31 Å². The van der Waals surface area contributed by atoms with E-state index in [4.69, 9.17) is 24.1 Å². The minimum absolute atomic E-state index is 0.385. The second-order valence-electron chi connectivity index (χ2n) is 5.91. The molecule has 0 aliphatic carbocycles. The summed E-state index contributed by atoms with van der Waals surface area (Å²) in [5, 5.41) is 11.0. The first-order chi connectivity index (χ1) is 14.3. The first kappa shape index (κ1) is 28.5. The maximum absolute atomic E-state index is 10.8.